The van der Waals surface area contributed by atoms with E-state index in [-0.39, 0.29) is 15.9 Å². The lowest BCUT2D eigenvalue weighted by Crippen LogP contribution is -2.48. The Morgan fingerprint density at radius 1 is 1.15 bits per heavy atom. The van der Waals surface area contributed by atoms with Crippen LogP contribution in [-0.2, 0) is 6.18 Å². The lowest BCUT2D eigenvalue weighted by atomic mass is 10.2. The lowest BCUT2D eigenvalue weighted by Gasteiger charge is -2.35. The summed E-state index contributed by atoms with van der Waals surface area (Å²) in [4.78, 5) is 16.4. The molecule has 0 aliphatic carbocycles. The number of nitrogens with zero attached hydrogens (tertiary/aromatic N) is 6. The number of hydrogen-bond acceptors (Lipinski definition) is 6. The molecule has 3 heterocycles. The molecule has 1 fully saturated rings. The molecule has 0 radical (unpaired) electrons. The smallest absolute Gasteiger partial charge is 0.368 e. The first kappa shape index (κ1) is 17.7. The molecule has 0 atom stereocenters. The van der Waals surface area contributed by atoms with Gasteiger partial charge in [-0.15, -0.1) is 15.3 Å². The van der Waals surface area contributed by atoms with Crippen molar-refractivity contribution in [3.05, 3.63) is 40.7 Å². The second-order valence-electron chi connectivity index (χ2n) is 6.24. The van der Waals surface area contributed by atoms with E-state index in [9.17, 15) is 18.0 Å². The standard InChI is InChI=1S/C16H15F3N6OS/c1-10-3-2-4-11(9-10)23-5-7-24(8-6-23)13(26)12-22-25-14(16(17,18)19)20-21-15(25)27-12/h2-4,9H,5-8H2,1H3. The van der Waals surface area contributed by atoms with Crippen LogP contribution < -0.4 is 4.90 Å². The summed E-state index contributed by atoms with van der Waals surface area (Å²) in [5.74, 6) is -1.61. The van der Waals surface area contributed by atoms with Gasteiger partial charge in [0.2, 0.25) is 9.97 Å². The van der Waals surface area contributed by atoms with Crippen LogP contribution in [0.5, 0.6) is 0 Å². The molecule has 11 heteroatoms. The molecule has 2 aromatic heterocycles. The first-order chi connectivity index (χ1) is 12.8. The van der Waals surface area contributed by atoms with Crippen molar-refractivity contribution in [3.8, 4) is 0 Å². The van der Waals surface area contributed by atoms with Crippen molar-refractivity contribution < 1.29 is 18.0 Å². The van der Waals surface area contributed by atoms with Gasteiger partial charge in [-0.05, 0) is 24.6 Å². The van der Waals surface area contributed by atoms with Crippen molar-refractivity contribution in [1.29, 1.82) is 0 Å². The van der Waals surface area contributed by atoms with E-state index < -0.39 is 12.0 Å². The van der Waals surface area contributed by atoms with Crippen LogP contribution in [0.1, 0.15) is 21.2 Å². The van der Waals surface area contributed by atoms with E-state index in [1.807, 2.05) is 25.1 Å². The van der Waals surface area contributed by atoms with Crippen LogP contribution in [0, 0.1) is 6.92 Å². The van der Waals surface area contributed by atoms with E-state index in [0.29, 0.717) is 30.7 Å². The maximum atomic E-state index is 12.9. The third kappa shape index (κ3) is 3.34. The number of aryl methyl sites for hydroxylation is 1. The maximum Gasteiger partial charge on any atom is 0.453 e. The second-order valence-corrected chi connectivity index (χ2v) is 7.20. The molecule has 4 rings (SSSR count). The van der Waals surface area contributed by atoms with Crippen molar-refractivity contribution in [2.45, 2.75) is 13.1 Å². The molecule has 1 aliphatic rings. The molecule has 7 nitrogen and oxygen atoms in total. The Hall–Kier alpha value is -2.69. The second kappa shape index (κ2) is 6.48. The van der Waals surface area contributed by atoms with Crippen LogP contribution in [0.4, 0.5) is 18.9 Å². The molecule has 0 spiro atoms. The maximum absolute atomic E-state index is 12.9. The zero-order valence-electron chi connectivity index (χ0n) is 14.3. The Labute approximate surface area is 156 Å². The van der Waals surface area contributed by atoms with Crippen LogP contribution in [-0.4, -0.2) is 56.8 Å². The van der Waals surface area contributed by atoms with Gasteiger partial charge in [-0.25, -0.2) is 0 Å². The van der Waals surface area contributed by atoms with E-state index in [4.69, 9.17) is 0 Å². The Balaban J connectivity index is 1.48. The summed E-state index contributed by atoms with van der Waals surface area (Å²) in [6.45, 7) is 4.25. The van der Waals surface area contributed by atoms with E-state index >= 15 is 0 Å². The van der Waals surface area contributed by atoms with E-state index in [0.717, 1.165) is 22.6 Å². The number of carbonyl (C=O) groups excluding carboxylic acids is 1. The van der Waals surface area contributed by atoms with Gasteiger partial charge in [0.1, 0.15) is 0 Å². The van der Waals surface area contributed by atoms with E-state index in [2.05, 4.69) is 26.3 Å². The number of anilines is 1. The lowest BCUT2D eigenvalue weighted by molar-refractivity contribution is -0.146. The summed E-state index contributed by atoms with van der Waals surface area (Å²) < 4.78 is 39.3. The third-order valence-corrected chi connectivity index (χ3v) is 5.25. The Morgan fingerprint density at radius 2 is 1.89 bits per heavy atom. The van der Waals surface area contributed by atoms with Gasteiger partial charge in [0.25, 0.3) is 11.7 Å². The number of halogens is 3. The molecule has 0 bridgehead atoms. The fraction of sp³-hybridized carbons (Fsp3) is 0.375. The Kier molecular flexibility index (Phi) is 4.25. The van der Waals surface area contributed by atoms with Gasteiger partial charge in [-0.3, -0.25) is 4.79 Å². The number of aromatic nitrogens is 4. The zero-order valence-corrected chi connectivity index (χ0v) is 15.1. The summed E-state index contributed by atoms with van der Waals surface area (Å²) in [5.41, 5.74) is 2.25. The van der Waals surface area contributed by atoms with Gasteiger partial charge in [-0.1, -0.05) is 23.5 Å². The third-order valence-electron chi connectivity index (χ3n) is 4.36. The van der Waals surface area contributed by atoms with Crippen LogP contribution in [0.2, 0.25) is 0 Å². The molecule has 1 saturated heterocycles. The highest BCUT2D eigenvalue weighted by Gasteiger charge is 2.39. The van der Waals surface area contributed by atoms with Crippen molar-refractivity contribution in [3.63, 3.8) is 0 Å². The van der Waals surface area contributed by atoms with Gasteiger partial charge in [0.15, 0.2) is 0 Å². The van der Waals surface area contributed by atoms with Crippen LogP contribution in [0.25, 0.3) is 4.96 Å². The summed E-state index contributed by atoms with van der Waals surface area (Å²) in [6, 6.07) is 8.11. The van der Waals surface area contributed by atoms with Crippen molar-refractivity contribution in [2.75, 3.05) is 31.1 Å². The van der Waals surface area contributed by atoms with Gasteiger partial charge in [-0.2, -0.15) is 17.7 Å². The van der Waals surface area contributed by atoms with Crippen molar-refractivity contribution in [1.82, 2.24) is 24.7 Å². The first-order valence-corrected chi connectivity index (χ1v) is 9.05. The fourth-order valence-electron chi connectivity index (χ4n) is 3.01. The van der Waals surface area contributed by atoms with Crippen LogP contribution in [0.3, 0.4) is 0 Å². The van der Waals surface area contributed by atoms with Gasteiger partial charge < -0.3 is 9.80 Å². The van der Waals surface area contributed by atoms with Crippen LogP contribution in [0.15, 0.2) is 24.3 Å². The predicted octanol–water partition coefficient (Wildman–Crippen LogP) is 2.48. The van der Waals surface area contributed by atoms with Crippen molar-refractivity contribution in [2.24, 2.45) is 0 Å². The molecule has 0 N–H and O–H groups in total. The summed E-state index contributed by atoms with van der Waals surface area (Å²) in [5, 5.41) is 10.3. The number of amides is 1. The summed E-state index contributed by atoms with van der Waals surface area (Å²) >= 11 is 0.809. The SMILES string of the molecule is Cc1cccc(N2CCN(C(=O)c3nn4c(C(F)(F)F)nnc4s3)CC2)c1. The van der Waals surface area contributed by atoms with Gasteiger partial charge >= 0.3 is 6.18 Å². The Bertz CT molecular complexity index is 990. The number of benzene rings is 1. The first-order valence-electron chi connectivity index (χ1n) is 8.23. The topological polar surface area (TPSA) is 66.6 Å². The molecule has 3 aromatic rings. The number of alkyl halides is 3. The number of rotatable bonds is 2. The molecule has 142 valence electrons. The predicted molar refractivity (Wildman–Crippen MR) is 93.0 cm³/mol. The average molecular weight is 396 g/mol. The minimum Gasteiger partial charge on any atom is -0.368 e. The quantitative estimate of drug-likeness (QED) is 0.666. The molecule has 1 aromatic carbocycles. The molecule has 1 amide bonds. The van der Waals surface area contributed by atoms with Crippen LogP contribution >= 0.6 is 11.3 Å². The average Bonchev–Trinajstić information content (AvgIpc) is 3.21. The molecular formula is C16H15F3N6OS. The summed E-state index contributed by atoms with van der Waals surface area (Å²) in [7, 11) is 0. The minimum atomic E-state index is -4.67. The van der Waals surface area contributed by atoms with Gasteiger partial charge in [0, 0.05) is 31.9 Å². The van der Waals surface area contributed by atoms with E-state index in [1.54, 1.807) is 4.90 Å². The van der Waals surface area contributed by atoms with Gasteiger partial charge in [0.05, 0.1) is 0 Å². The molecule has 0 unspecified atom stereocenters. The summed E-state index contributed by atoms with van der Waals surface area (Å²) in [6.07, 6.45) is -4.67. The largest absolute Gasteiger partial charge is 0.453 e. The molecule has 27 heavy (non-hydrogen) atoms. The van der Waals surface area contributed by atoms with Crippen molar-refractivity contribution >= 4 is 27.9 Å². The Morgan fingerprint density at radius 3 is 2.56 bits per heavy atom. The van der Waals surface area contributed by atoms with E-state index in [1.165, 1.54) is 0 Å². The monoisotopic (exact) mass is 396 g/mol. The highest BCUT2D eigenvalue weighted by Crippen LogP contribution is 2.29. The molecule has 0 saturated carbocycles. The zero-order chi connectivity index (χ0) is 19.2. The number of piperazine rings is 1. The number of fused-ring (bicyclic) bond motifs is 1. The number of carbonyl (C=O) groups is 1. The molecule has 1 aliphatic heterocycles. The number of hydrogen-bond donors (Lipinski definition) is 0. The molecular weight excluding hydrogens is 381 g/mol. The highest BCUT2D eigenvalue weighted by atomic mass is 32.1. The minimum absolute atomic E-state index is 0.0191. The fourth-order valence-corrected chi connectivity index (χ4v) is 3.82. The highest BCUT2D eigenvalue weighted by molar-refractivity contribution is 7.18. The normalized spacial score (nSPS) is 15.6.